The van der Waals surface area contributed by atoms with Crippen molar-refractivity contribution in [3.05, 3.63) is 40.9 Å². The fourth-order valence-electron chi connectivity index (χ4n) is 1.08. The Hall–Kier alpha value is -0.800. The number of phenols is 1. The molecule has 0 saturated carbocycles. The van der Waals surface area contributed by atoms with Crippen molar-refractivity contribution in [3.8, 4) is 5.75 Å². The largest absolute Gasteiger partial charge is 0.507 e. The van der Waals surface area contributed by atoms with Crippen molar-refractivity contribution in [3.63, 3.8) is 0 Å². The Morgan fingerprint density at radius 3 is 2.85 bits per heavy atom. The number of rotatable bonds is 3. The molecular formula is C10H12BrNO. The molecular weight excluding hydrogens is 230 g/mol. The van der Waals surface area contributed by atoms with Crippen molar-refractivity contribution in [1.82, 2.24) is 0 Å². The molecule has 70 valence electrons. The molecule has 0 heterocycles. The maximum absolute atomic E-state index is 9.39. The van der Waals surface area contributed by atoms with Crippen LogP contribution < -0.4 is 5.73 Å². The summed E-state index contributed by atoms with van der Waals surface area (Å²) in [4.78, 5) is 0. The first-order valence-electron chi connectivity index (χ1n) is 4.00. The summed E-state index contributed by atoms with van der Waals surface area (Å²) >= 11 is 3.21. The molecule has 2 nitrogen and oxygen atoms in total. The molecule has 0 aliphatic rings. The van der Waals surface area contributed by atoms with E-state index in [0.29, 0.717) is 10.9 Å². The van der Waals surface area contributed by atoms with E-state index in [4.69, 9.17) is 5.73 Å². The van der Waals surface area contributed by atoms with Gasteiger partial charge in [0.15, 0.2) is 0 Å². The van der Waals surface area contributed by atoms with Gasteiger partial charge in [0.2, 0.25) is 0 Å². The molecule has 13 heavy (non-hydrogen) atoms. The summed E-state index contributed by atoms with van der Waals surface area (Å²) in [6.07, 6.45) is 2.48. The molecule has 0 spiro atoms. The molecule has 1 aromatic rings. The summed E-state index contributed by atoms with van der Waals surface area (Å²) in [5, 5.41) is 9.39. The zero-order chi connectivity index (χ0) is 9.84. The first-order chi connectivity index (χ1) is 6.15. The molecule has 3 N–H and O–H groups in total. The van der Waals surface area contributed by atoms with Crippen molar-refractivity contribution in [1.29, 1.82) is 0 Å². The minimum Gasteiger partial charge on any atom is -0.507 e. The topological polar surface area (TPSA) is 46.2 Å². The van der Waals surface area contributed by atoms with Crippen molar-refractivity contribution >= 4 is 15.9 Å². The highest BCUT2D eigenvalue weighted by atomic mass is 79.9. The summed E-state index contributed by atoms with van der Waals surface area (Å²) < 4.78 is 0.682. The Bertz CT molecular complexity index is 312. The molecule has 0 saturated heterocycles. The lowest BCUT2D eigenvalue weighted by molar-refractivity contribution is 0.470. The van der Waals surface area contributed by atoms with E-state index in [0.717, 1.165) is 5.56 Å². The second kappa shape index (κ2) is 4.44. The van der Waals surface area contributed by atoms with Gasteiger partial charge in [0.1, 0.15) is 5.75 Å². The third-order valence-electron chi connectivity index (χ3n) is 1.82. The standard InChI is InChI=1S/C10H12BrNO/c1-2-3-9(12)7-4-5-8(11)10(13)6-7/h2,4-6,9,13H,1,3,12H2. The summed E-state index contributed by atoms with van der Waals surface area (Å²) in [6.45, 7) is 3.61. The van der Waals surface area contributed by atoms with E-state index in [-0.39, 0.29) is 11.8 Å². The van der Waals surface area contributed by atoms with Gasteiger partial charge in [-0.25, -0.2) is 0 Å². The monoisotopic (exact) mass is 241 g/mol. The lowest BCUT2D eigenvalue weighted by Gasteiger charge is -2.09. The summed E-state index contributed by atoms with van der Waals surface area (Å²) in [6, 6.07) is 5.25. The zero-order valence-corrected chi connectivity index (χ0v) is 8.79. The van der Waals surface area contributed by atoms with E-state index >= 15 is 0 Å². The number of phenolic OH excluding ortho intramolecular Hbond substituents is 1. The number of hydrogen-bond donors (Lipinski definition) is 2. The maximum Gasteiger partial charge on any atom is 0.130 e. The summed E-state index contributed by atoms with van der Waals surface area (Å²) in [7, 11) is 0. The van der Waals surface area contributed by atoms with Gasteiger partial charge >= 0.3 is 0 Å². The quantitative estimate of drug-likeness (QED) is 0.800. The maximum atomic E-state index is 9.39. The average Bonchev–Trinajstić information content (AvgIpc) is 2.10. The van der Waals surface area contributed by atoms with Gasteiger partial charge in [-0.3, -0.25) is 0 Å². The van der Waals surface area contributed by atoms with E-state index in [1.807, 2.05) is 6.07 Å². The second-order valence-electron chi connectivity index (χ2n) is 2.84. The van der Waals surface area contributed by atoms with Gasteiger partial charge in [0, 0.05) is 6.04 Å². The van der Waals surface area contributed by atoms with Crippen LogP contribution in [0.1, 0.15) is 18.0 Å². The highest BCUT2D eigenvalue weighted by Gasteiger charge is 2.05. The van der Waals surface area contributed by atoms with Crippen LogP contribution >= 0.6 is 15.9 Å². The normalized spacial score (nSPS) is 12.5. The van der Waals surface area contributed by atoms with Crippen molar-refractivity contribution < 1.29 is 5.11 Å². The molecule has 1 rings (SSSR count). The molecule has 3 heteroatoms. The molecule has 1 unspecified atom stereocenters. The Morgan fingerprint density at radius 1 is 1.62 bits per heavy atom. The summed E-state index contributed by atoms with van der Waals surface area (Å²) in [5.41, 5.74) is 6.74. The van der Waals surface area contributed by atoms with Gasteiger partial charge in [-0.15, -0.1) is 6.58 Å². The minimum absolute atomic E-state index is 0.0866. The SMILES string of the molecule is C=CCC(N)c1ccc(Br)c(O)c1. The van der Waals surface area contributed by atoms with Gasteiger partial charge in [0.05, 0.1) is 4.47 Å². The Labute approximate surface area is 86.2 Å². The Kier molecular flexibility index (Phi) is 3.51. The molecule has 0 fully saturated rings. The van der Waals surface area contributed by atoms with Crippen LogP contribution in [0.15, 0.2) is 35.3 Å². The lowest BCUT2D eigenvalue weighted by atomic mass is 10.0. The van der Waals surface area contributed by atoms with Gasteiger partial charge in [0.25, 0.3) is 0 Å². The second-order valence-corrected chi connectivity index (χ2v) is 3.70. The van der Waals surface area contributed by atoms with Crippen molar-refractivity contribution in [2.24, 2.45) is 5.73 Å². The predicted molar refractivity (Wildman–Crippen MR) is 57.5 cm³/mol. The van der Waals surface area contributed by atoms with Crippen LogP contribution in [0, 0.1) is 0 Å². The molecule has 1 atom stereocenters. The molecule has 1 aromatic carbocycles. The number of benzene rings is 1. The van der Waals surface area contributed by atoms with E-state index in [9.17, 15) is 5.11 Å². The fraction of sp³-hybridized carbons (Fsp3) is 0.200. The molecule has 0 bridgehead atoms. The fourth-order valence-corrected chi connectivity index (χ4v) is 1.32. The third-order valence-corrected chi connectivity index (χ3v) is 2.49. The molecule has 0 radical (unpaired) electrons. The average molecular weight is 242 g/mol. The van der Waals surface area contributed by atoms with Gasteiger partial charge in [-0.2, -0.15) is 0 Å². The molecule has 0 aromatic heterocycles. The van der Waals surface area contributed by atoms with Crippen LogP contribution in [-0.4, -0.2) is 5.11 Å². The van der Waals surface area contributed by atoms with Crippen LogP contribution in [0.25, 0.3) is 0 Å². The van der Waals surface area contributed by atoms with Crippen LogP contribution in [0.4, 0.5) is 0 Å². The number of halogens is 1. The summed E-state index contributed by atoms with van der Waals surface area (Å²) in [5.74, 6) is 0.219. The van der Waals surface area contributed by atoms with Crippen LogP contribution in [0.2, 0.25) is 0 Å². The van der Waals surface area contributed by atoms with E-state index in [1.165, 1.54) is 0 Å². The third kappa shape index (κ3) is 2.57. The highest BCUT2D eigenvalue weighted by molar-refractivity contribution is 9.10. The van der Waals surface area contributed by atoms with E-state index in [2.05, 4.69) is 22.5 Å². The van der Waals surface area contributed by atoms with Gasteiger partial charge in [-0.05, 0) is 40.0 Å². The van der Waals surface area contributed by atoms with E-state index < -0.39 is 0 Å². The molecule has 0 aliphatic carbocycles. The van der Waals surface area contributed by atoms with Crippen LogP contribution in [0.5, 0.6) is 5.75 Å². The molecule has 0 aliphatic heterocycles. The predicted octanol–water partition coefficient (Wildman–Crippen LogP) is 2.73. The van der Waals surface area contributed by atoms with Gasteiger partial charge < -0.3 is 10.8 Å². The van der Waals surface area contributed by atoms with Crippen LogP contribution in [-0.2, 0) is 0 Å². The van der Waals surface area contributed by atoms with Crippen molar-refractivity contribution in [2.75, 3.05) is 0 Å². The van der Waals surface area contributed by atoms with E-state index in [1.54, 1.807) is 18.2 Å². The number of hydrogen-bond acceptors (Lipinski definition) is 2. The number of aromatic hydroxyl groups is 1. The van der Waals surface area contributed by atoms with Gasteiger partial charge in [-0.1, -0.05) is 12.1 Å². The molecule has 0 amide bonds. The number of nitrogens with two attached hydrogens (primary N) is 1. The minimum atomic E-state index is -0.0866. The van der Waals surface area contributed by atoms with Crippen molar-refractivity contribution in [2.45, 2.75) is 12.5 Å². The Morgan fingerprint density at radius 2 is 2.31 bits per heavy atom. The lowest BCUT2D eigenvalue weighted by Crippen LogP contribution is -2.08. The first-order valence-corrected chi connectivity index (χ1v) is 4.79. The van der Waals surface area contributed by atoms with Crippen LogP contribution in [0.3, 0.4) is 0 Å². The zero-order valence-electron chi connectivity index (χ0n) is 7.20. The smallest absolute Gasteiger partial charge is 0.130 e. The highest BCUT2D eigenvalue weighted by Crippen LogP contribution is 2.27. The first kappa shape index (κ1) is 10.3. The Balaban J connectivity index is 2.89.